The largest absolute Gasteiger partial charge is 0.462 e. The Balaban J connectivity index is 3.52. The Morgan fingerprint density at radius 1 is 1.25 bits per heavy atom. The van der Waals surface area contributed by atoms with Crippen molar-refractivity contribution >= 4 is 12.1 Å². The molecule has 0 spiro atoms. The molecule has 6 heteroatoms. The van der Waals surface area contributed by atoms with Gasteiger partial charge in [0.15, 0.2) is 0 Å². The predicted molar refractivity (Wildman–Crippen MR) is 57.1 cm³/mol. The fourth-order valence-corrected chi connectivity index (χ4v) is 0.792. The molecule has 16 heavy (non-hydrogen) atoms. The molecule has 1 N–H and O–H groups in total. The van der Waals surface area contributed by atoms with Gasteiger partial charge in [0, 0.05) is 7.11 Å². The molecule has 0 saturated carbocycles. The summed E-state index contributed by atoms with van der Waals surface area (Å²) in [6, 6.07) is 0. The van der Waals surface area contributed by atoms with Crippen molar-refractivity contribution in [2.45, 2.75) is 26.4 Å². The molecule has 0 aliphatic heterocycles. The van der Waals surface area contributed by atoms with Gasteiger partial charge in [0.2, 0.25) is 0 Å². The van der Waals surface area contributed by atoms with Gasteiger partial charge in [-0.25, -0.2) is 9.59 Å². The van der Waals surface area contributed by atoms with Crippen LogP contribution in [0.2, 0.25) is 0 Å². The SMILES string of the molecule is COCC(=O)OCCNC(=O)OC(C)(C)C. The van der Waals surface area contributed by atoms with Crippen molar-refractivity contribution in [3.05, 3.63) is 0 Å². The van der Waals surface area contributed by atoms with Gasteiger partial charge in [0.25, 0.3) is 0 Å². The molecule has 0 rings (SSSR count). The van der Waals surface area contributed by atoms with Gasteiger partial charge in [-0.2, -0.15) is 0 Å². The maximum atomic E-state index is 11.1. The van der Waals surface area contributed by atoms with Crippen molar-refractivity contribution in [3.8, 4) is 0 Å². The van der Waals surface area contributed by atoms with E-state index in [4.69, 9.17) is 9.47 Å². The van der Waals surface area contributed by atoms with Gasteiger partial charge in [-0.3, -0.25) is 0 Å². The number of esters is 1. The van der Waals surface area contributed by atoms with Gasteiger partial charge in [0.1, 0.15) is 18.8 Å². The van der Waals surface area contributed by atoms with Crippen LogP contribution in [0.5, 0.6) is 0 Å². The van der Waals surface area contributed by atoms with Crippen LogP contribution >= 0.6 is 0 Å². The minimum absolute atomic E-state index is 0.0908. The van der Waals surface area contributed by atoms with Crippen LogP contribution in [-0.2, 0) is 19.0 Å². The average molecular weight is 233 g/mol. The molecule has 1 amide bonds. The van der Waals surface area contributed by atoms with Gasteiger partial charge < -0.3 is 19.5 Å². The van der Waals surface area contributed by atoms with Crippen LogP contribution in [-0.4, -0.2) is 44.5 Å². The second kappa shape index (κ2) is 7.05. The molecule has 0 fully saturated rings. The number of carbonyl (C=O) groups is 2. The zero-order valence-electron chi connectivity index (χ0n) is 10.2. The molecule has 0 unspecified atom stereocenters. The van der Waals surface area contributed by atoms with Gasteiger partial charge in [-0.15, -0.1) is 0 Å². The van der Waals surface area contributed by atoms with Crippen molar-refractivity contribution < 1.29 is 23.8 Å². The van der Waals surface area contributed by atoms with E-state index < -0.39 is 17.7 Å². The van der Waals surface area contributed by atoms with Crippen molar-refractivity contribution in [3.63, 3.8) is 0 Å². The van der Waals surface area contributed by atoms with Crippen LogP contribution in [0.25, 0.3) is 0 Å². The Hall–Kier alpha value is -1.30. The molecular weight excluding hydrogens is 214 g/mol. The molecule has 0 heterocycles. The van der Waals surface area contributed by atoms with E-state index in [0.717, 1.165) is 0 Å². The number of alkyl carbamates (subject to hydrolysis) is 1. The van der Waals surface area contributed by atoms with Crippen molar-refractivity contribution in [2.75, 3.05) is 26.9 Å². The number of hydrogen-bond donors (Lipinski definition) is 1. The van der Waals surface area contributed by atoms with Gasteiger partial charge in [-0.1, -0.05) is 0 Å². The molecule has 94 valence electrons. The van der Waals surface area contributed by atoms with E-state index in [2.05, 4.69) is 10.1 Å². The number of methoxy groups -OCH3 is 1. The van der Waals surface area contributed by atoms with E-state index in [1.54, 1.807) is 20.8 Å². The van der Waals surface area contributed by atoms with Gasteiger partial charge in [-0.05, 0) is 20.8 Å². The first-order valence-corrected chi connectivity index (χ1v) is 4.96. The number of amides is 1. The van der Waals surface area contributed by atoms with Crippen LogP contribution in [0.15, 0.2) is 0 Å². The van der Waals surface area contributed by atoms with Crippen LogP contribution in [0.3, 0.4) is 0 Å². The number of ether oxygens (including phenoxy) is 3. The molecule has 0 aromatic heterocycles. The lowest BCUT2D eigenvalue weighted by Crippen LogP contribution is -2.34. The number of carbonyl (C=O) groups excluding carboxylic acids is 2. The Morgan fingerprint density at radius 3 is 2.38 bits per heavy atom. The second-order valence-electron chi connectivity index (χ2n) is 4.08. The minimum Gasteiger partial charge on any atom is -0.462 e. The molecule has 0 radical (unpaired) electrons. The lowest BCUT2D eigenvalue weighted by atomic mass is 10.2. The molecule has 0 saturated heterocycles. The molecule has 0 bridgehead atoms. The van der Waals surface area contributed by atoms with E-state index in [0.29, 0.717) is 0 Å². The lowest BCUT2D eigenvalue weighted by molar-refractivity contribution is -0.147. The summed E-state index contributed by atoms with van der Waals surface area (Å²) in [6.45, 7) is 5.53. The van der Waals surface area contributed by atoms with Crippen LogP contribution in [0.4, 0.5) is 4.79 Å². The Labute approximate surface area is 95.2 Å². The molecule has 0 atom stereocenters. The number of hydrogen-bond acceptors (Lipinski definition) is 5. The Kier molecular flexibility index (Phi) is 6.48. The first-order valence-electron chi connectivity index (χ1n) is 4.96. The fraction of sp³-hybridized carbons (Fsp3) is 0.800. The summed E-state index contributed by atoms with van der Waals surface area (Å²) in [4.78, 5) is 22.0. The highest BCUT2D eigenvalue weighted by atomic mass is 16.6. The van der Waals surface area contributed by atoms with Crippen LogP contribution in [0, 0.1) is 0 Å². The molecule has 0 aromatic rings. The molecular formula is C10H19NO5. The first-order chi connectivity index (χ1) is 7.35. The maximum Gasteiger partial charge on any atom is 0.407 e. The minimum atomic E-state index is -0.532. The summed E-state index contributed by atoms with van der Waals surface area (Å²) in [5.41, 5.74) is -0.531. The topological polar surface area (TPSA) is 73.9 Å². The van der Waals surface area contributed by atoms with E-state index >= 15 is 0 Å². The van der Waals surface area contributed by atoms with Crippen molar-refractivity contribution in [2.24, 2.45) is 0 Å². The smallest absolute Gasteiger partial charge is 0.407 e. The molecule has 0 aromatic carbocycles. The van der Waals surface area contributed by atoms with Crippen molar-refractivity contribution in [1.82, 2.24) is 5.32 Å². The standard InChI is InChI=1S/C10H19NO5/c1-10(2,3)16-9(13)11-5-6-15-8(12)7-14-4/h5-7H2,1-4H3,(H,11,13). The first kappa shape index (κ1) is 14.7. The zero-order valence-corrected chi connectivity index (χ0v) is 10.2. The highest BCUT2D eigenvalue weighted by molar-refractivity contribution is 5.70. The predicted octanol–water partition coefficient (Wildman–Crippen LogP) is 0.701. The molecule has 0 aliphatic carbocycles. The maximum absolute atomic E-state index is 11.1. The summed E-state index contributed by atoms with van der Waals surface area (Å²) in [6.07, 6.45) is -0.532. The summed E-state index contributed by atoms with van der Waals surface area (Å²) in [5.74, 6) is -0.464. The highest BCUT2D eigenvalue weighted by Crippen LogP contribution is 2.05. The highest BCUT2D eigenvalue weighted by Gasteiger charge is 2.15. The summed E-state index contributed by atoms with van der Waals surface area (Å²) in [5, 5.41) is 2.46. The average Bonchev–Trinajstić information content (AvgIpc) is 2.10. The normalized spacial score (nSPS) is 10.8. The van der Waals surface area contributed by atoms with Crippen LogP contribution < -0.4 is 5.32 Å². The summed E-state index contributed by atoms with van der Waals surface area (Å²) in [7, 11) is 1.40. The van der Waals surface area contributed by atoms with E-state index in [9.17, 15) is 9.59 Å². The van der Waals surface area contributed by atoms with E-state index in [-0.39, 0.29) is 19.8 Å². The van der Waals surface area contributed by atoms with E-state index in [1.165, 1.54) is 7.11 Å². The Morgan fingerprint density at radius 2 is 1.88 bits per heavy atom. The van der Waals surface area contributed by atoms with Crippen LogP contribution in [0.1, 0.15) is 20.8 Å². The van der Waals surface area contributed by atoms with Gasteiger partial charge in [0.05, 0.1) is 6.54 Å². The third-order valence-electron chi connectivity index (χ3n) is 1.30. The summed E-state index contributed by atoms with van der Waals surface area (Å²) < 4.78 is 14.3. The molecule has 0 aliphatic rings. The lowest BCUT2D eigenvalue weighted by Gasteiger charge is -2.19. The zero-order chi connectivity index (χ0) is 12.6. The number of nitrogens with one attached hydrogen (secondary N) is 1. The Bertz CT molecular complexity index is 234. The van der Waals surface area contributed by atoms with Crippen molar-refractivity contribution in [1.29, 1.82) is 0 Å². The summed E-state index contributed by atoms with van der Waals surface area (Å²) >= 11 is 0. The van der Waals surface area contributed by atoms with E-state index in [1.807, 2.05) is 0 Å². The van der Waals surface area contributed by atoms with Gasteiger partial charge >= 0.3 is 12.1 Å². The number of rotatable bonds is 5. The molecule has 6 nitrogen and oxygen atoms in total. The monoisotopic (exact) mass is 233 g/mol. The third-order valence-corrected chi connectivity index (χ3v) is 1.30. The quantitative estimate of drug-likeness (QED) is 0.559. The fourth-order valence-electron chi connectivity index (χ4n) is 0.792. The second-order valence-corrected chi connectivity index (χ2v) is 4.08. The third kappa shape index (κ3) is 9.26.